The standard InChI is InChI=1S/C16H17FIN3O/c1-2-22-21-6-5-11-8-19-9-16(13(11)10-21)20-15-4-3-12(18)7-14(15)17/h3-4,7-9,20H,2,5-6,10H2,1H3. The molecule has 0 amide bonds. The summed E-state index contributed by atoms with van der Waals surface area (Å²) in [6.45, 7) is 4.15. The Kier molecular flexibility index (Phi) is 4.90. The summed E-state index contributed by atoms with van der Waals surface area (Å²) < 4.78 is 14.9. The fraction of sp³-hybridized carbons (Fsp3) is 0.312. The normalized spacial score (nSPS) is 14.7. The topological polar surface area (TPSA) is 37.4 Å². The van der Waals surface area contributed by atoms with Gasteiger partial charge in [0, 0.05) is 16.3 Å². The van der Waals surface area contributed by atoms with Gasteiger partial charge in [0.05, 0.1) is 30.7 Å². The van der Waals surface area contributed by atoms with Crippen molar-refractivity contribution in [2.24, 2.45) is 0 Å². The summed E-state index contributed by atoms with van der Waals surface area (Å²) in [5.41, 5.74) is 3.60. The number of hydrogen-bond donors (Lipinski definition) is 1. The number of rotatable bonds is 4. The molecule has 0 atom stereocenters. The average Bonchev–Trinajstić information content (AvgIpc) is 2.51. The molecule has 1 aliphatic rings. The molecule has 0 aliphatic carbocycles. The summed E-state index contributed by atoms with van der Waals surface area (Å²) >= 11 is 2.10. The third-order valence-corrected chi connectivity index (χ3v) is 4.29. The smallest absolute Gasteiger partial charge is 0.147 e. The first-order valence-electron chi connectivity index (χ1n) is 7.23. The van der Waals surface area contributed by atoms with Gasteiger partial charge >= 0.3 is 0 Å². The van der Waals surface area contributed by atoms with Crippen molar-refractivity contribution in [2.45, 2.75) is 19.9 Å². The summed E-state index contributed by atoms with van der Waals surface area (Å²) in [7, 11) is 0. The lowest BCUT2D eigenvalue weighted by atomic mass is 10.0. The lowest BCUT2D eigenvalue weighted by Crippen LogP contribution is -2.31. The van der Waals surface area contributed by atoms with E-state index >= 15 is 0 Å². The van der Waals surface area contributed by atoms with E-state index in [0.717, 1.165) is 27.8 Å². The molecule has 6 heteroatoms. The Morgan fingerprint density at radius 1 is 1.36 bits per heavy atom. The van der Waals surface area contributed by atoms with E-state index in [2.05, 4.69) is 32.9 Å². The number of fused-ring (bicyclic) bond motifs is 1. The summed E-state index contributed by atoms with van der Waals surface area (Å²) in [4.78, 5) is 9.86. The highest BCUT2D eigenvalue weighted by Gasteiger charge is 2.20. The van der Waals surface area contributed by atoms with Crippen molar-refractivity contribution in [1.82, 2.24) is 10.0 Å². The van der Waals surface area contributed by atoms with Crippen LogP contribution in [0.1, 0.15) is 18.1 Å². The summed E-state index contributed by atoms with van der Waals surface area (Å²) in [6, 6.07) is 5.14. The highest BCUT2D eigenvalue weighted by Crippen LogP contribution is 2.29. The van der Waals surface area contributed by atoms with Gasteiger partial charge in [0.15, 0.2) is 0 Å². The van der Waals surface area contributed by atoms with Gasteiger partial charge in [0.2, 0.25) is 0 Å². The molecule has 1 N–H and O–H groups in total. The maximum absolute atomic E-state index is 14.0. The van der Waals surface area contributed by atoms with Crippen LogP contribution < -0.4 is 5.32 Å². The highest BCUT2D eigenvalue weighted by molar-refractivity contribution is 14.1. The van der Waals surface area contributed by atoms with E-state index in [1.165, 1.54) is 11.6 Å². The number of pyridine rings is 1. The minimum absolute atomic E-state index is 0.262. The number of nitrogens with zero attached hydrogens (tertiary/aromatic N) is 2. The maximum Gasteiger partial charge on any atom is 0.147 e. The van der Waals surface area contributed by atoms with Gasteiger partial charge in [0.1, 0.15) is 5.82 Å². The molecule has 2 heterocycles. The Morgan fingerprint density at radius 3 is 3.00 bits per heavy atom. The van der Waals surface area contributed by atoms with E-state index in [4.69, 9.17) is 4.84 Å². The van der Waals surface area contributed by atoms with Crippen molar-refractivity contribution in [3.05, 3.63) is 51.1 Å². The third-order valence-electron chi connectivity index (χ3n) is 3.62. The van der Waals surface area contributed by atoms with Crippen molar-refractivity contribution in [3.63, 3.8) is 0 Å². The van der Waals surface area contributed by atoms with Crippen LogP contribution in [-0.4, -0.2) is 23.2 Å². The van der Waals surface area contributed by atoms with Crippen LogP contribution in [0.5, 0.6) is 0 Å². The van der Waals surface area contributed by atoms with Gasteiger partial charge in [-0.15, -0.1) is 0 Å². The fourth-order valence-corrected chi connectivity index (χ4v) is 3.02. The molecule has 0 saturated carbocycles. The molecular weight excluding hydrogens is 396 g/mol. The zero-order valence-corrected chi connectivity index (χ0v) is 14.4. The summed E-state index contributed by atoms with van der Waals surface area (Å²) in [6.07, 6.45) is 4.51. The van der Waals surface area contributed by atoms with Gasteiger partial charge < -0.3 is 5.32 Å². The first-order chi connectivity index (χ1) is 10.7. The first-order valence-corrected chi connectivity index (χ1v) is 8.31. The Morgan fingerprint density at radius 2 is 2.23 bits per heavy atom. The highest BCUT2D eigenvalue weighted by atomic mass is 127. The summed E-state index contributed by atoms with van der Waals surface area (Å²) in [5, 5.41) is 5.11. The maximum atomic E-state index is 14.0. The van der Waals surface area contributed by atoms with Crippen LogP contribution in [0.2, 0.25) is 0 Å². The van der Waals surface area contributed by atoms with E-state index < -0.39 is 0 Å². The number of benzene rings is 1. The number of aromatic nitrogens is 1. The fourth-order valence-electron chi connectivity index (χ4n) is 2.57. The van der Waals surface area contributed by atoms with Crippen LogP contribution in [0, 0.1) is 9.39 Å². The molecule has 22 heavy (non-hydrogen) atoms. The van der Waals surface area contributed by atoms with Gasteiger partial charge in [0.25, 0.3) is 0 Å². The van der Waals surface area contributed by atoms with E-state index in [1.807, 2.05) is 24.3 Å². The second-order valence-corrected chi connectivity index (χ2v) is 6.35. The molecule has 0 fully saturated rings. The van der Waals surface area contributed by atoms with Crippen LogP contribution in [0.3, 0.4) is 0 Å². The molecule has 0 radical (unpaired) electrons. The van der Waals surface area contributed by atoms with Crippen molar-refractivity contribution in [3.8, 4) is 0 Å². The van der Waals surface area contributed by atoms with Crippen LogP contribution in [-0.2, 0) is 17.8 Å². The lowest BCUT2D eigenvalue weighted by molar-refractivity contribution is -0.164. The van der Waals surface area contributed by atoms with Crippen LogP contribution in [0.15, 0.2) is 30.6 Å². The largest absolute Gasteiger partial charge is 0.352 e. The third kappa shape index (κ3) is 3.39. The Balaban J connectivity index is 1.88. The van der Waals surface area contributed by atoms with Crippen molar-refractivity contribution >= 4 is 34.0 Å². The van der Waals surface area contributed by atoms with E-state index in [1.54, 1.807) is 12.3 Å². The molecule has 1 aliphatic heterocycles. The van der Waals surface area contributed by atoms with Gasteiger partial charge in [-0.05, 0) is 65.3 Å². The van der Waals surface area contributed by atoms with Crippen molar-refractivity contribution < 1.29 is 9.23 Å². The second-order valence-electron chi connectivity index (χ2n) is 5.11. The summed E-state index contributed by atoms with van der Waals surface area (Å²) in [5.74, 6) is -0.262. The Labute approximate surface area is 142 Å². The van der Waals surface area contributed by atoms with E-state index in [9.17, 15) is 4.39 Å². The van der Waals surface area contributed by atoms with E-state index in [-0.39, 0.29) is 5.82 Å². The molecule has 0 saturated heterocycles. The first kappa shape index (κ1) is 15.6. The SMILES string of the molecule is CCON1CCc2cncc(Nc3ccc(I)cc3F)c2C1. The molecule has 4 nitrogen and oxygen atoms in total. The number of hydroxylamine groups is 2. The van der Waals surface area contributed by atoms with Gasteiger partial charge in [-0.25, -0.2) is 4.39 Å². The van der Waals surface area contributed by atoms with Gasteiger partial charge in [-0.3, -0.25) is 9.82 Å². The van der Waals surface area contributed by atoms with Gasteiger partial charge in [-0.2, -0.15) is 5.06 Å². The van der Waals surface area contributed by atoms with E-state index in [0.29, 0.717) is 18.8 Å². The molecule has 0 spiro atoms. The molecule has 0 unspecified atom stereocenters. The average molecular weight is 413 g/mol. The Bertz CT molecular complexity index is 680. The molecule has 3 rings (SSSR count). The minimum Gasteiger partial charge on any atom is -0.352 e. The predicted octanol–water partition coefficient (Wildman–Crippen LogP) is 3.88. The quantitative estimate of drug-likeness (QED) is 0.773. The minimum atomic E-state index is -0.262. The number of halogens is 2. The lowest BCUT2D eigenvalue weighted by Gasteiger charge is -2.29. The van der Waals surface area contributed by atoms with Crippen molar-refractivity contribution in [1.29, 1.82) is 0 Å². The number of nitrogens with one attached hydrogen (secondary N) is 1. The van der Waals surface area contributed by atoms with Gasteiger partial charge in [-0.1, -0.05) is 0 Å². The Hall–Kier alpha value is -1.25. The predicted molar refractivity (Wildman–Crippen MR) is 92.4 cm³/mol. The number of hydrogen-bond acceptors (Lipinski definition) is 4. The monoisotopic (exact) mass is 413 g/mol. The van der Waals surface area contributed by atoms with Crippen LogP contribution >= 0.6 is 22.6 Å². The molecule has 116 valence electrons. The molecule has 0 bridgehead atoms. The zero-order chi connectivity index (χ0) is 15.5. The van der Waals surface area contributed by atoms with Crippen molar-refractivity contribution in [2.75, 3.05) is 18.5 Å². The molecule has 2 aromatic rings. The number of anilines is 2. The zero-order valence-electron chi connectivity index (χ0n) is 12.3. The second kappa shape index (κ2) is 6.89. The van der Waals surface area contributed by atoms with Crippen LogP contribution in [0.25, 0.3) is 0 Å². The van der Waals surface area contributed by atoms with Crippen LogP contribution in [0.4, 0.5) is 15.8 Å². The molecular formula is C16H17FIN3O. The molecule has 1 aromatic carbocycles. The molecule has 1 aromatic heterocycles.